The lowest BCUT2D eigenvalue weighted by atomic mass is 9.96. The summed E-state index contributed by atoms with van der Waals surface area (Å²) in [6.07, 6.45) is 2.10. The number of anilines is 2. The van der Waals surface area contributed by atoms with E-state index in [1.807, 2.05) is 36.4 Å². The highest BCUT2D eigenvalue weighted by Gasteiger charge is 2.26. The number of hydrogen-bond acceptors (Lipinski definition) is 3. The van der Waals surface area contributed by atoms with Crippen molar-refractivity contribution in [2.24, 2.45) is 5.92 Å². The second-order valence-electron chi connectivity index (χ2n) is 6.65. The van der Waals surface area contributed by atoms with E-state index in [4.69, 9.17) is 16.3 Å². The molecule has 2 aromatic rings. The van der Waals surface area contributed by atoms with Gasteiger partial charge in [-0.3, -0.25) is 9.59 Å². The van der Waals surface area contributed by atoms with Gasteiger partial charge in [-0.15, -0.1) is 0 Å². The Labute approximate surface area is 156 Å². The number of benzene rings is 2. The third-order valence-corrected chi connectivity index (χ3v) is 5.05. The second-order valence-corrected chi connectivity index (χ2v) is 7.09. The highest BCUT2D eigenvalue weighted by Crippen LogP contribution is 2.30. The third kappa shape index (κ3) is 3.40. The number of carbonyl (C=O) groups is 2. The molecule has 2 heterocycles. The molecule has 2 amide bonds. The number of nitrogens with zero attached hydrogens (tertiary/aromatic N) is 1. The molecular formula is C20H19ClN2O3. The summed E-state index contributed by atoms with van der Waals surface area (Å²) < 4.78 is 5.68. The van der Waals surface area contributed by atoms with Gasteiger partial charge in [-0.1, -0.05) is 11.6 Å². The van der Waals surface area contributed by atoms with Gasteiger partial charge in [-0.2, -0.15) is 0 Å². The first kappa shape index (κ1) is 16.9. The largest absolute Gasteiger partial charge is 0.492 e. The van der Waals surface area contributed by atoms with Crippen LogP contribution in [0.15, 0.2) is 42.5 Å². The van der Waals surface area contributed by atoms with Crippen LogP contribution < -0.4 is 15.0 Å². The van der Waals surface area contributed by atoms with Gasteiger partial charge in [0.2, 0.25) is 11.8 Å². The number of ether oxygens (including phenoxy) is 1. The summed E-state index contributed by atoms with van der Waals surface area (Å²) in [7, 11) is 0. The fourth-order valence-corrected chi connectivity index (χ4v) is 3.62. The fourth-order valence-electron chi connectivity index (χ4n) is 3.42. The van der Waals surface area contributed by atoms with Gasteiger partial charge in [0, 0.05) is 29.4 Å². The van der Waals surface area contributed by atoms with Gasteiger partial charge >= 0.3 is 0 Å². The van der Waals surface area contributed by atoms with E-state index in [1.54, 1.807) is 11.0 Å². The van der Waals surface area contributed by atoms with Gasteiger partial charge in [0.05, 0.1) is 5.92 Å². The summed E-state index contributed by atoms with van der Waals surface area (Å²) in [5.41, 5.74) is 2.53. The van der Waals surface area contributed by atoms with E-state index in [0.717, 1.165) is 30.0 Å². The van der Waals surface area contributed by atoms with Crippen molar-refractivity contribution in [3.63, 3.8) is 0 Å². The topological polar surface area (TPSA) is 58.6 Å². The summed E-state index contributed by atoms with van der Waals surface area (Å²) >= 11 is 6.03. The van der Waals surface area contributed by atoms with Gasteiger partial charge in [0.1, 0.15) is 12.4 Å². The van der Waals surface area contributed by atoms with Crippen molar-refractivity contribution in [3.05, 3.63) is 53.1 Å². The predicted molar refractivity (Wildman–Crippen MR) is 101 cm³/mol. The molecule has 0 saturated carbocycles. The maximum absolute atomic E-state index is 12.6. The molecule has 5 nitrogen and oxygen atoms in total. The molecule has 0 aliphatic carbocycles. The summed E-state index contributed by atoms with van der Waals surface area (Å²) in [5.74, 6) is 0.595. The third-order valence-electron chi connectivity index (χ3n) is 4.82. The Morgan fingerprint density at radius 2 is 2.00 bits per heavy atom. The summed E-state index contributed by atoms with van der Waals surface area (Å²) in [6, 6.07) is 12.9. The zero-order chi connectivity index (χ0) is 18.1. The van der Waals surface area contributed by atoms with E-state index in [9.17, 15) is 9.59 Å². The molecular weight excluding hydrogens is 352 g/mol. The maximum atomic E-state index is 12.6. The van der Waals surface area contributed by atoms with E-state index >= 15 is 0 Å². The molecule has 2 aliphatic rings. The van der Waals surface area contributed by atoms with Gasteiger partial charge < -0.3 is 15.0 Å². The van der Waals surface area contributed by atoms with Crippen LogP contribution in [0.4, 0.5) is 11.4 Å². The van der Waals surface area contributed by atoms with Crippen molar-refractivity contribution in [2.45, 2.75) is 19.3 Å². The van der Waals surface area contributed by atoms with Crippen LogP contribution in [0, 0.1) is 5.92 Å². The van der Waals surface area contributed by atoms with Crippen molar-refractivity contribution < 1.29 is 14.3 Å². The van der Waals surface area contributed by atoms with E-state index < -0.39 is 0 Å². The van der Waals surface area contributed by atoms with E-state index in [1.165, 1.54) is 0 Å². The molecule has 0 aromatic heterocycles. The molecule has 0 unspecified atom stereocenters. The average molecular weight is 371 g/mol. The molecule has 0 spiro atoms. The average Bonchev–Trinajstić information content (AvgIpc) is 3.07. The number of amides is 2. The lowest BCUT2D eigenvalue weighted by Crippen LogP contribution is -2.32. The Morgan fingerprint density at radius 3 is 2.73 bits per heavy atom. The molecule has 2 aliphatic heterocycles. The van der Waals surface area contributed by atoms with Crippen molar-refractivity contribution in [1.82, 2.24) is 0 Å². The maximum Gasteiger partial charge on any atom is 0.231 e. The number of rotatable bonds is 3. The molecule has 1 saturated heterocycles. The molecule has 4 rings (SSSR count). The predicted octanol–water partition coefficient (Wildman–Crippen LogP) is 3.66. The number of halogens is 1. The summed E-state index contributed by atoms with van der Waals surface area (Å²) in [4.78, 5) is 26.1. The zero-order valence-corrected chi connectivity index (χ0v) is 15.0. The standard InChI is InChI=1S/C20H19ClN2O3/c21-15-3-8-18-13(11-15)10-14(12-26-18)20(25)22-16-4-6-17(7-5-16)23-9-1-2-19(23)24/h3-8,11,14H,1-2,9-10,12H2,(H,22,25)/t14-/m0/s1. The first-order valence-electron chi connectivity index (χ1n) is 8.73. The van der Waals surface area contributed by atoms with Crippen molar-refractivity contribution in [3.8, 4) is 5.75 Å². The fraction of sp³-hybridized carbons (Fsp3) is 0.300. The number of fused-ring (bicyclic) bond motifs is 1. The normalized spacial score (nSPS) is 19.0. The van der Waals surface area contributed by atoms with Crippen LogP contribution in [-0.4, -0.2) is 25.0 Å². The molecule has 26 heavy (non-hydrogen) atoms. The molecule has 0 bridgehead atoms. The summed E-state index contributed by atoms with van der Waals surface area (Å²) in [5, 5.41) is 3.57. The number of hydrogen-bond donors (Lipinski definition) is 1. The molecule has 0 radical (unpaired) electrons. The van der Waals surface area contributed by atoms with Gasteiger partial charge in [-0.25, -0.2) is 0 Å². The van der Waals surface area contributed by atoms with Crippen LogP contribution in [0.5, 0.6) is 5.75 Å². The zero-order valence-electron chi connectivity index (χ0n) is 14.2. The minimum Gasteiger partial charge on any atom is -0.492 e. The van der Waals surface area contributed by atoms with Crippen LogP contribution >= 0.6 is 11.6 Å². The van der Waals surface area contributed by atoms with Crippen molar-refractivity contribution in [2.75, 3.05) is 23.4 Å². The lowest BCUT2D eigenvalue weighted by Gasteiger charge is -2.25. The number of nitrogens with one attached hydrogen (secondary N) is 1. The van der Waals surface area contributed by atoms with Crippen molar-refractivity contribution >= 4 is 34.8 Å². The second kappa shape index (κ2) is 7.00. The van der Waals surface area contributed by atoms with Crippen LogP contribution in [-0.2, 0) is 16.0 Å². The van der Waals surface area contributed by atoms with E-state index in [-0.39, 0.29) is 17.7 Å². The van der Waals surface area contributed by atoms with Crippen LogP contribution in [0.3, 0.4) is 0 Å². The Morgan fingerprint density at radius 1 is 1.19 bits per heavy atom. The first-order valence-corrected chi connectivity index (χ1v) is 9.10. The Bertz CT molecular complexity index is 851. The van der Waals surface area contributed by atoms with Crippen molar-refractivity contribution in [1.29, 1.82) is 0 Å². The monoisotopic (exact) mass is 370 g/mol. The van der Waals surface area contributed by atoms with Gasteiger partial charge in [0.15, 0.2) is 0 Å². The van der Waals surface area contributed by atoms with Crippen LogP contribution in [0.1, 0.15) is 18.4 Å². The van der Waals surface area contributed by atoms with Gasteiger partial charge in [0.25, 0.3) is 0 Å². The van der Waals surface area contributed by atoms with Gasteiger partial charge in [-0.05, 0) is 60.9 Å². The minimum atomic E-state index is -0.263. The highest BCUT2D eigenvalue weighted by atomic mass is 35.5. The number of carbonyl (C=O) groups excluding carboxylic acids is 2. The van der Waals surface area contributed by atoms with E-state index in [2.05, 4.69) is 5.32 Å². The molecule has 6 heteroatoms. The molecule has 1 fully saturated rings. The summed E-state index contributed by atoms with van der Waals surface area (Å²) in [6.45, 7) is 1.10. The Balaban J connectivity index is 1.41. The molecule has 134 valence electrons. The molecule has 2 aromatic carbocycles. The van der Waals surface area contributed by atoms with Crippen LogP contribution in [0.25, 0.3) is 0 Å². The molecule has 1 atom stereocenters. The Kier molecular flexibility index (Phi) is 4.55. The first-order chi connectivity index (χ1) is 12.6. The Hall–Kier alpha value is -2.53. The highest BCUT2D eigenvalue weighted by molar-refractivity contribution is 6.30. The minimum absolute atomic E-state index is 0.0828. The quantitative estimate of drug-likeness (QED) is 0.897. The lowest BCUT2D eigenvalue weighted by molar-refractivity contribution is -0.121. The SMILES string of the molecule is O=C(Nc1ccc(N2CCCC2=O)cc1)[C@@H]1COc2ccc(Cl)cc2C1. The van der Waals surface area contributed by atoms with Crippen LogP contribution in [0.2, 0.25) is 5.02 Å². The van der Waals surface area contributed by atoms with E-state index in [0.29, 0.717) is 30.2 Å². The molecule has 1 N–H and O–H groups in total. The smallest absolute Gasteiger partial charge is 0.231 e.